The van der Waals surface area contributed by atoms with Crippen LogP contribution in [0, 0.1) is 0 Å². The van der Waals surface area contributed by atoms with Gasteiger partial charge in [-0.05, 0) is 119 Å². The van der Waals surface area contributed by atoms with Crippen molar-refractivity contribution in [3.05, 3.63) is 71.8 Å². The van der Waals surface area contributed by atoms with Gasteiger partial charge in [0.25, 0.3) is 5.91 Å². The van der Waals surface area contributed by atoms with E-state index in [2.05, 4.69) is 77.7 Å². The summed E-state index contributed by atoms with van der Waals surface area (Å²) in [5.41, 5.74) is 10.6. The van der Waals surface area contributed by atoms with E-state index in [0.29, 0.717) is 42.2 Å². The van der Waals surface area contributed by atoms with Crippen molar-refractivity contribution in [3.63, 3.8) is 0 Å². The minimum absolute atomic E-state index is 0.133. The van der Waals surface area contributed by atoms with Crippen molar-refractivity contribution in [1.82, 2.24) is 29.9 Å². The van der Waals surface area contributed by atoms with Crippen LogP contribution in [0.5, 0.6) is 0 Å². The number of fused-ring (bicyclic) bond motifs is 3. The van der Waals surface area contributed by atoms with Gasteiger partial charge in [-0.15, -0.1) is 0 Å². The minimum atomic E-state index is -0.965. The molecule has 0 spiro atoms. The first kappa shape index (κ1) is 34.7. The number of carbonyl (C=O) groups excluding carboxylic acids is 2. The molecule has 2 atom stereocenters. The Labute approximate surface area is 314 Å². The number of carbonyl (C=O) groups is 2. The van der Waals surface area contributed by atoms with E-state index in [1.807, 2.05) is 6.07 Å². The van der Waals surface area contributed by atoms with E-state index in [4.69, 9.17) is 15.2 Å². The highest BCUT2D eigenvalue weighted by Crippen LogP contribution is 2.40. The molecule has 2 aromatic carbocycles. The summed E-state index contributed by atoms with van der Waals surface area (Å²) in [4.78, 5) is 38.1. The van der Waals surface area contributed by atoms with E-state index in [1.165, 1.54) is 30.3 Å². The molecule has 2 amide bonds. The highest BCUT2D eigenvalue weighted by molar-refractivity contribution is 6.06. The molecule has 1 aliphatic carbocycles. The summed E-state index contributed by atoms with van der Waals surface area (Å²) in [5, 5.41) is 23.0. The number of aromatic nitrogens is 4. The summed E-state index contributed by atoms with van der Waals surface area (Å²) in [6.45, 7) is 4.10. The van der Waals surface area contributed by atoms with Gasteiger partial charge in [0.15, 0.2) is 17.1 Å². The molecule has 0 bridgehead atoms. The minimum Gasteiger partial charge on any atom is -0.373 e. The summed E-state index contributed by atoms with van der Waals surface area (Å²) >= 11 is 0. The van der Waals surface area contributed by atoms with E-state index >= 15 is 0 Å². The molecule has 5 aromatic rings. The van der Waals surface area contributed by atoms with Crippen molar-refractivity contribution >= 4 is 51.0 Å². The summed E-state index contributed by atoms with van der Waals surface area (Å²) < 4.78 is 8.13. The molecule has 5 N–H and O–H groups in total. The molecule has 6 heterocycles. The summed E-state index contributed by atoms with van der Waals surface area (Å²) in [6.07, 6.45) is 14.2. The molecule has 1 saturated carbocycles. The number of nitrogens with two attached hydrogens (primary N) is 1. The molecule has 3 aliphatic heterocycles. The van der Waals surface area contributed by atoms with E-state index in [0.717, 1.165) is 92.7 Å². The quantitative estimate of drug-likeness (QED) is 0.147. The topological polar surface area (TPSA) is 168 Å². The number of amides is 2. The third-order valence-electron chi connectivity index (χ3n) is 12.5. The predicted octanol–water partition coefficient (Wildman–Crippen LogP) is 6.08. The van der Waals surface area contributed by atoms with Gasteiger partial charge in [-0.25, -0.2) is 9.97 Å². The summed E-state index contributed by atoms with van der Waals surface area (Å²) in [7, 11) is 0. The van der Waals surface area contributed by atoms with Crippen LogP contribution in [-0.4, -0.2) is 80.0 Å². The molecule has 2 unspecified atom stereocenters. The van der Waals surface area contributed by atoms with Crippen LogP contribution in [0.15, 0.2) is 59.4 Å². The third-order valence-corrected chi connectivity index (χ3v) is 12.5. The van der Waals surface area contributed by atoms with Gasteiger partial charge in [-0.3, -0.25) is 9.59 Å². The molecular weight excluding hydrogens is 683 g/mol. The number of nitrogens with zero attached hydrogens (tertiary/aromatic N) is 6. The van der Waals surface area contributed by atoms with Crippen LogP contribution in [0.25, 0.3) is 21.9 Å². The van der Waals surface area contributed by atoms with Crippen molar-refractivity contribution in [1.29, 1.82) is 0 Å². The highest BCUT2D eigenvalue weighted by atomic mass is 16.5. The second-order valence-corrected chi connectivity index (χ2v) is 15.7. The Hall–Kier alpha value is -5.01. The van der Waals surface area contributed by atoms with Crippen LogP contribution in [0.4, 0.5) is 17.3 Å². The van der Waals surface area contributed by atoms with Crippen molar-refractivity contribution in [3.8, 4) is 0 Å². The lowest BCUT2D eigenvalue weighted by atomic mass is 9.85. The lowest BCUT2D eigenvalue weighted by Gasteiger charge is -2.41. The lowest BCUT2D eigenvalue weighted by Crippen LogP contribution is -2.43. The number of nitrogens with one attached hydrogen (secondary N) is 2. The van der Waals surface area contributed by atoms with Crippen LogP contribution in [0.2, 0.25) is 0 Å². The largest absolute Gasteiger partial charge is 0.373 e. The maximum atomic E-state index is 12.2. The molecule has 54 heavy (non-hydrogen) atoms. The summed E-state index contributed by atoms with van der Waals surface area (Å²) in [5.74, 6) is 0.678. The van der Waals surface area contributed by atoms with Crippen LogP contribution < -0.4 is 21.3 Å². The van der Waals surface area contributed by atoms with Crippen LogP contribution in [-0.2, 0) is 4.79 Å². The van der Waals surface area contributed by atoms with Gasteiger partial charge in [-0.2, -0.15) is 0 Å². The fourth-order valence-electron chi connectivity index (χ4n) is 9.54. The average molecular weight is 732 g/mol. The van der Waals surface area contributed by atoms with E-state index in [-0.39, 0.29) is 17.5 Å². The number of likely N-dealkylation sites (tertiary alicyclic amines) is 1. The molecule has 9 rings (SSSR count). The zero-order chi connectivity index (χ0) is 36.8. The van der Waals surface area contributed by atoms with Gasteiger partial charge in [-0.1, -0.05) is 17.3 Å². The van der Waals surface area contributed by atoms with E-state index in [9.17, 15) is 14.7 Å². The van der Waals surface area contributed by atoms with E-state index < -0.39 is 12.1 Å². The second kappa shape index (κ2) is 14.7. The van der Waals surface area contributed by atoms with Crippen molar-refractivity contribution < 1.29 is 19.2 Å². The number of anilines is 3. The van der Waals surface area contributed by atoms with Crippen LogP contribution >= 0.6 is 0 Å². The van der Waals surface area contributed by atoms with Gasteiger partial charge in [0, 0.05) is 54.4 Å². The standard InChI is InChI=1S/C41H49N9O4/c42-39(52)38-40(45-34(24-43-38)49-19-2-1-3-20-49)44-27-6-4-25(5-7-27)26-16-21-48(22-17-26)28-8-10-29(11-9-28)50-23-18-30-32(50)13-14-33-36(30)37(47-54-33)31-12-15-35(51)46-41(31)53/h4-7,13-14,18,23-24,26,28-29,31,41,53H,1-3,8-12,15-17,19-22H2,(H2,42,52)(H,44,45)(H,46,51). The van der Waals surface area contributed by atoms with Gasteiger partial charge >= 0.3 is 0 Å². The highest BCUT2D eigenvalue weighted by Gasteiger charge is 2.34. The molecule has 13 nitrogen and oxygen atoms in total. The Bertz CT molecular complexity index is 2140. The molecule has 3 aromatic heterocycles. The molecule has 4 aliphatic rings. The first-order valence-electron chi connectivity index (χ1n) is 19.8. The molecule has 0 radical (unpaired) electrons. The SMILES string of the molecule is NC(=O)c1ncc(N2CCCCC2)nc1Nc1ccc(C2CCN(C3CCC(n4ccc5c6c(C7CCC(=O)NC7O)noc6ccc54)CC3)CC2)cc1. The number of hydrogen-bond acceptors (Lipinski definition) is 10. The predicted molar refractivity (Wildman–Crippen MR) is 207 cm³/mol. The number of benzene rings is 2. The monoisotopic (exact) mass is 731 g/mol. The number of aliphatic hydroxyl groups is 1. The Morgan fingerprint density at radius 3 is 2.41 bits per heavy atom. The average Bonchev–Trinajstić information content (AvgIpc) is 3.83. The number of hydrogen-bond donors (Lipinski definition) is 4. The summed E-state index contributed by atoms with van der Waals surface area (Å²) in [6, 6.07) is 15.9. The van der Waals surface area contributed by atoms with Gasteiger partial charge in [0.1, 0.15) is 12.0 Å². The van der Waals surface area contributed by atoms with Crippen LogP contribution in [0.3, 0.4) is 0 Å². The molecule has 3 saturated heterocycles. The number of primary amides is 1. The Kier molecular flexibility index (Phi) is 9.44. The molecule has 13 heteroatoms. The lowest BCUT2D eigenvalue weighted by molar-refractivity contribution is -0.127. The Balaban J connectivity index is 0.807. The molecule has 282 valence electrons. The number of aliphatic hydroxyl groups excluding tert-OH is 1. The zero-order valence-electron chi connectivity index (χ0n) is 30.6. The van der Waals surface area contributed by atoms with E-state index in [1.54, 1.807) is 6.20 Å². The first-order chi connectivity index (χ1) is 26.4. The molecule has 4 fully saturated rings. The Morgan fingerprint density at radius 1 is 0.907 bits per heavy atom. The fraction of sp³-hybridized carbons (Fsp3) is 0.488. The van der Waals surface area contributed by atoms with Gasteiger partial charge in [0.2, 0.25) is 5.91 Å². The van der Waals surface area contributed by atoms with Crippen molar-refractivity contribution in [2.45, 2.75) is 101 Å². The normalized spacial score (nSPS) is 24.5. The Morgan fingerprint density at radius 2 is 1.67 bits per heavy atom. The van der Waals surface area contributed by atoms with Gasteiger partial charge < -0.3 is 40.4 Å². The number of piperidine rings is 3. The smallest absolute Gasteiger partial charge is 0.271 e. The van der Waals surface area contributed by atoms with Gasteiger partial charge in [0.05, 0.1) is 23.2 Å². The fourth-order valence-corrected chi connectivity index (χ4v) is 9.54. The first-order valence-corrected chi connectivity index (χ1v) is 19.8. The van der Waals surface area contributed by atoms with Crippen molar-refractivity contribution in [2.24, 2.45) is 5.73 Å². The molecular formula is C41H49N9O4. The zero-order valence-corrected chi connectivity index (χ0v) is 30.6. The maximum Gasteiger partial charge on any atom is 0.271 e. The number of rotatable bonds is 8. The van der Waals surface area contributed by atoms with Crippen molar-refractivity contribution in [2.75, 3.05) is 36.4 Å². The second-order valence-electron chi connectivity index (χ2n) is 15.7. The third kappa shape index (κ3) is 6.68. The van der Waals surface area contributed by atoms with Crippen LogP contribution in [0.1, 0.15) is 110 Å². The maximum absolute atomic E-state index is 12.2.